The molecule has 1 aliphatic heterocycles. The molecule has 0 aliphatic carbocycles. The van der Waals surface area contributed by atoms with Crippen molar-refractivity contribution in [2.75, 3.05) is 13.2 Å². The molecule has 0 amide bonds. The summed E-state index contributed by atoms with van der Waals surface area (Å²) in [6.45, 7) is 1.48. The van der Waals surface area contributed by atoms with Gasteiger partial charge >= 0.3 is 0 Å². The van der Waals surface area contributed by atoms with Crippen LogP contribution >= 0.6 is 0 Å². The van der Waals surface area contributed by atoms with E-state index in [9.17, 15) is 0 Å². The van der Waals surface area contributed by atoms with Crippen LogP contribution in [0, 0.1) is 11.3 Å². The first kappa shape index (κ1) is 11.8. The Balaban J connectivity index is 1.86. The fraction of sp³-hybridized carbons (Fsp3) is 0.385. The van der Waals surface area contributed by atoms with E-state index in [-0.39, 0.29) is 0 Å². The highest BCUT2D eigenvalue weighted by Crippen LogP contribution is 2.26. The van der Waals surface area contributed by atoms with E-state index in [0.29, 0.717) is 23.3 Å². The van der Waals surface area contributed by atoms with Crippen LogP contribution in [0.4, 0.5) is 0 Å². The van der Waals surface area contributed by atoms with E-state index in [4.69, 9.17) is 14.5 Å². The number of hydrogen-bond acceptors (Lipinski definition) is 6. The Bertz CT molecular complexity index is 611. The lowest BCUT2D eigenvalue weighted by Gasteiger charge is -2.18. The Kier molecular flexibility index (Phi) is 3.21. The van der Waals surface area contributed by atoms with Crippen LogP contribution < -0.4 is 0 Å². The van der Waals surface area contributed by atoms with Gasteiger partial charge in [0.05, 0.1) is 0 Å². The Hall–Kier alpha value is -2.26. The molecule has 0 unspecified atom stereocenters. The van der Waals surface area contributed by atoms with E-state index >= 15 is 0 Å². The van der Waals surface area contributed by atoms with E-state index in [1.54, 1.807) is 18.3 Å². The van der Waals surface area contributed by atoms with Gasteiger partial charge in [-0.25, -0.2) is 4.98 Å². The molecule has 3 heterocycles. The minimum atomic E-state index is 0.295. The third kappa shape index (κ3) is 2.46. The number of aromatic nitrogens is 3. The number of rotatable bonds is 2. The summed E-state index contributed by atoms with van der Waals surface area (Å²) in [5.74, 6) is 1.44. The van der Waals surface area contributed by atoms with Gasteiger partial charge < -0.3 is 9.26 Å². The molecular formula is C13H12N4O2. The molecule has 96 valence electrons. The second-order valence-electron chi connectivity index (χ2n) is 4.39. The molecule has 0 aromatic carbocycles. The van der Waals surface area contributed by atoms with Gasteiger partial charge in [-0.2, -0.15) is 10.2 Å². The smallest absolute Gasteiger partial charge is 0.258 e. The Morgan fingerprint density at radius 3 is 2.95 bits per heavy atom. The first-order chi connectivity index (χ1) is 9.36. The van der Waals surface area contributed by atoms with Crippen LogP contribution in [0.15, 0.2) is 22.9 Å². The Morgan fingerprint density at radius 2 is 2.16 bits per heavy atom. The van der Waals surface area contributed by atoms with Crippen molar-refractivity contribution in [1.82, 2.24) is 15.1 Å². The fourth-order valence-electron chi connectivity index (χ4n) is 2.10. The van der Waals surface area contributed by atoms with Crippen molar-refractivity contribution in [3.05, 3.63) is 29.8 Å². The predicted molar refractivity (Wildman–Crippen MR) is 65.0 cm³/mol. The van der Waals surface area contributed by atoms with Crippen molar-refractivity contribution < 1.29 is 9.26 Å². The van der Waals surface area contributed by atoms with Gasteiger partial charge in [0.1, 0.15) is 11.8 Å². The van der Waals surface area contributed by atoms with Crippen LogP contribution in [0.5, 0.6) is 0 Å². The third-order valence-electron chi connectivity index (χ3n) is 3.15. The molecule has 6 nitrogen and oxygen atoms in total. The Morgan fingerprint density at radius 1 is 1.32 bits per heavy atom. The maximum atomic E-state index is 8.82. The van der Waals surface area contributed by atoms with Crippen molar-refractivity contribution in [1.29, 1.82) is 5.26 Å². The highest BCUT2D eigenvalue weighted by molar-refractivity contribution is 5.54. The van der Waals surface area contributed by atoms with Gasteiger partial charge in [-0.3, -0.25) is 0 Å². The van der Waals surface area contributed by atoms with Gasteiger partial charge in [0.25, 0.3) is 5.89 Å². The Labute approximate surface area is 110 Å². The van der Waals surface area contributed by atoms with Gasteiger partial charge in [0.2, 0.25) is 0 Å². The SMILES string of the molecule is N#Cc1cc(-c2nc(C3CCOCC3)no2)ccn1. The molecule has 1 saturated heterocycles. The van der Waals surface area contributed by atoms with Crippen LogP contribution in [0.2, 0.25) is 0 Å². The van der Waals surface area contributed by atoms with Crippen molar-refractivity contribution in [3.63, 3.8) is 0 Å². The van der Waals surface area contributed by atoms with E-state index in [1.165, 1.54) is 0 Å². The second-order valence-corrected chi connectivity index (χ2v) is 4.39. The molecule has 0 atom stereocenters. The van der Waals surface area contributed by atoms with E-state index in [2.05, 4.69) is 15.1 Å². The first-order valence-electron chi connectivity index (χ1n) is 6.14. The third-order valence-corrected chi connectivity index (χ3v) is 3.15. The maximum Gasteiger partial charge on any atom is 0.258 e. The summed E-state index contributed by atoms with van der Waals surface area (Å²) in [5.41, 5.74) is 1.06. The van der Waals surface area contributed by atoms with Gasteiger partial charge in [-0.15, -0.1) is 0 Å². The van der Waals surface area contributed by atoms with Gasteiger partial charge in [0, 0.05) is 30.9 Å². The second kappa shape index (κ2) is 5.16. The molecule has 0 saturated carbocycles. The lowest BCUT2D eigenvalue weighted by molar-refractivity contribution is 0.0830. The zero-order valence-corrected chi connectivity index (χ0v) is 10.2. The molecule has 2 aromatic rings. The highest BCUT2D eigenvalue weighted by Gasteiger charge is 2.21. The van der Waals surface area contributed by atoms with Crippen molar-refractivity contribution in [2.45, 2.75) is 18.8 Å². The number of hydrogen-bond donors (Lipinski definition) is 0. The number of ether oxygens (including phenoxy) is 1. The molecular weight excluding hydrogens is 244 g/mol. The van der Waals surface area contributed by atoms with Crippen LogP contribution in [0.1, 0.15) is 30.3 Å². The molecule has 1 fully saturated rings. The van der Waals surface area contributed by atoms with Crippen molar-refractivity contribution in [2.24, 2.45) is 0 Å². The zero-order chi connectivity index (χ0) is 13.1. The summed E-state index contributed by atoms with van der Waals surface area (Å²) < 4.78 is 10.6. The van der Waals surface area contributed by atoms with Gasteiger partial charge in [0.15, 0.2) is 5.82 Å². The maximum absolute atomic E-state index is 8.82. The topological polar surface area (TPSA) is 84.8 Å². The monoisotopic (exact) mass is 256 g/mol. The van der Waals surface area contributed by atoms with E-state index in [1.807, 2.05) is 6.07 Å². The van der Waals surface area contributed by atoms with Crippen LogP contribution in [-0.2, 0) is 4.74 Å². The molecule has 19 heavy (non-hydrogen) atoms. The standard InChI is InChI=1S/C13H12N4O2/c14-8-11-7-10(1-4-15-11)13-16-12(17-19-13)9-2-5-18-6-3-9/h1,4,7,9H,2-3,5-6H2. The van der Waals surface area contributed by atoms with Crippen LogP contribution in [0.25, 0.3) is 11.5 Å². The van der Waals surface area contributed by atoms with Crippen LogP contribution in [-0.4, -0.2) is 28.3 Å². The largest absolute Gasteiger partial charge is 0.381 e. The molecule has 3 rings (SSSR count). The summed E-state index contributed by atoms with van der Waals surface area (Å²) in [6, 6.07) is 5.38. The predicted octanol–water partition coefficient (Wildman–Crippen LogP) is 1.90. The molecule has 0 N–H and O–H groups in total. The lowest BCUT2D eigenvalue weighted by atomic mass is 10.00. The van der Waals surface area contributed by atoms with Crippen molar-refractivity contribution >= 4 is 0 Å². The summed E-state index contributed by atoms with van der Waals surface area (Å²) in [5, 5.41) is 12.9. The molecule has 2 aromatic heterocycles. The number of pyridine rings is 1. The van der Waals surface area contributed by atoms with Gasteiger partial charge in [-0.05, 0) is 25.0 Å². The first-order valence-corrected chi connectivity index (χ1v) is 6.14. The quantitative estimate of drug-likeness (QED) is 0.815. The fourth-order valence-corrected chi connectivity index (χ4v) is 2.10. The summed E-state index contributed by atoms with van der Waals surface area (Å²) in [4.78, 5) is 8.32. The van der Waals surface area contributed by atoms with Gasteiger partial charge in [-0.1, -0.05) is 5.16 Å². The molecule has 0 spiro atoms. The summed E-state index contributed by atoms with van der Waals surface area (Å²) in [6.07, 6.45) is 3.39. The summed E-state index contributed by atoms with van der Waals surface area (Å²) >= 11 is 0. The van der Waals surface area contributed by atoms with E-state index in [0.717, 1.165) is 31.6 Å². The summed E-state index contributed by atoms with van der Waals surface area (Å²) in [7, 11) is 0. The average molecular weight is 256 g/mol. The number of nitrogens with zero attached hydrogens (tertiary/aromatic N) is 4. The highest BCUT2D eigenvalue weighted by atomic mass is 16.5. The average Bonchev–Trinajstić information content (AvgIpc) is 2.98. The van der Waals surface area contributed by atoms with Crippen molar-refractivity contribution in [3.8, 4) is 17.5 Å². The molecule has 1 aliphatic rings. The van der Waals surface area contributed by atoms with E-state index < -0.39 is 0 Å². The normalized spacial score (nSPS) is 16.2. The van der Waals surface area contributed by atoms with Crippen LogP contribution in [0.3, 0.4) is 0 Å². The molecule has 0 bridgehead atoms. The minimum absolute atomic E-state index is 0.295. The lowest BCUT2D eigenvalue weighted by Crippen LogP contribution is -2.15. The molecule has 0 radical (unpaired) electrons. The minimum Gasteiger partial charge on any atom is -0.381 e. The zero-order valence-electron chi connectivity index (χ0n) is 10.2. The molecule has 6 heteroatoms. The number of nitriles is 1.